The zero-order chi connectivity index (χ0) is 13.2. The van der Waals surface area contributed by atoms with Crippen molar-refractivity contribution in [3.8, 4) is 17.1 Å². The fraction of sp³-hybridized carbons (Fsp3) is 0. The van der Waals surface area contributed by atoms with E-state index in [2.05, 4.69) is 31.5 Å². The molecule has 0 radical (unpaired) electrons. The van der Waals surface area contributed by atoms with Gasteiger partial charge in [0.1, 0.15) is 5.82 Å². The van der Waals surface area contributed by atoms with Crippen LogP contribution in [0.4, 0.5) is 4.39 Å². The molecule has 0 aliphatic heterocycles. The first-order valence-corrected chi connectivity index (χ1v) is 6.34. The third-order valence-corrected chi connectivity index (χ3v) is 3.26. The van der Waals surface area contributed by atoms with Gasteiger partial charge in [-0.25, -0.2) is 4.39 Å². The molecule has 0 fully saturated rings. The van der Waals surface area contributed by atoms with E-state index in [4.69, 9.17) is 0 Å². The fourth-order valence-electron chi connectivity index (χ4n) is 1.75. The van der Waals surface area contributed by atoms with Crippen molar-refractivity contribution in [3.63, 3.8) is 0 Å². The highest BCUT2D eigenvalue weighted by atomic mass is 79.9. The molecule has 0 saturated heterocycles. The molecule has 0 atom stereocenters. The normalized spacial score (nSPS) is 10.6. The summed E-state index contributed by atoms with van der Waals surface area (Å²) in [4.78, 5) is 0. The lowest BCUT2D eigenvalue weighted by atomic mass is 10.2. The molecule has 0 saturated carbocycles. The molecule has 94 valence electrons. The van der Waals surface area contributed by atoms with Gasteiger partial charge in [-0.15, -0.1) is 5.10 Å². The van der Waals surface area contributed by atoms with Crippen molar-refractivity contribution in [2.45, 2.75) is 0 Å². The van der Waals surface area contributed by atoms with Crippen molar-refractivity contribution in [1.29, 1.82) is 0 Å². The largest absolute Gasteiger partial charge is 0.206 e. The molecule has 0 aliphatic carbocycles. The number of tetrazole rings is 1. The molecule has 0 unspecified atom stereocenters. The van der Waals surface area contributed by atoms with Gasteiger partial charge in [0.05, 0.1) is 10.2 Å². The number of aromatic nitrogens is 4. The first kappa shape index (κ1) is 12.0. The average molecular weight is 319 g/mol. The second kappa shape index (κ2) is 4.89. The summed E-state index contributed by atoms with van der Waals surface area (Å²) in [5, 5.41) is 11.6. The molecule has 0 bridgehead atoms. The van der Waals surface area contributed by atoms with Crippen molar-refractivity contribution < 1.29 is 4.39 Å². The van der Waals surface area contributed by atoms with Gasteiger partial charge in [0.15, 0.2) is 5.82 Å². The second-order valence-corrected chi connectivity index (χ2v) is 4.73. The molecule has 19 heavy (non-hydrogen) atoms. The maximum Gasteiger partial charge on any atom is 0.187 e. The predicted molar refractivity (Wildman–Crippen MR) is 72.2 cm³/mol. The Kier molecular flexibility index (Phi) is 3.08. The first-order valence-electron chi connectivity index (χ1n) is 5.55. The number of benzene rings is 2. The first-order chi connectivity index (χ1) is 9.25. The molecular formula is C13H8BrFN4. The van der Waals surface area contributed by atoms with Gasteiger partial charge in [-0.2, -0.15) is 4.68 Å². The molecule has 3 aromatic rings. The van der Waals surface area contributed by atoms with E-state index in [1.165, 1.54) is 6.07 Å². The van der Waals surface area contributed by atoms with E-state index in [1.807, 2.05) is 30.3 Å². The third-order valence-electron chi connectivity index (χ3n) is 2.65. The zero-order valence-electron chi connectivity index (χ0n) is 9.66. The summed E-state index contributed by atoms with van der Waals surface area (Å²) in [6.45, 7) is 0. The monoisotopic (exact) mass is 318 g/mol. The van der Waals surface area contributed by atoms with Gasteiger partial charge in [-0.1, -0.05) is 30.3 Å². The smallest absolute Gasteiger partial charge is 0.187 e. The van der Waals surface area contributed by atoms with Crippen LogP contribution in [0.15, 0.2) is 53.0 Å². The van der Waals surface area contributed by atoms with Crippen LogP contribution in [-0.2, 0) is 0 Å². The third kappa shape index (κ3) is 2.26. The number of hydrogen-bond acceptors (Lipinski definition) is 3. The Hall–Kier alpha value is -2.08. The molecule has 6 heteroatoms. The number of halogens is 2. The van der Waals surface area contributed by atoms with Crippen molar-refractivity contribution in [1.82, 2.24) is 20.2 Å². The van der Waals surface area contributed by atoms with Crippen LogP contribution < -0.4 is 0 Å². The van der Waals surface area contributed by atoms with E-state index in [0.29, 0.717) is 16.0 Å². The molecule has 0 aliphatic rings. The Labute approximate surface area is 117 Å². The van der Waals surface area contributed by atoms with Crippen LogP contribution in [0.2, 0.25) is 0 Å². The van der Waals surface area contributed by atoms with Crippen LogP contribution in [0.1, 0.15) is 0 Å². The SMILES string of the molecule is Fc1ccc(-n2nnnc2-c2ccccc2)cc1Br. The topological polar surface area (TPSA) is 43.6 Å². The van der Waals surface area contributed by atoms with Gasteiger partial charge in [0, 0.05) is 5.56 Å². The van der Waals surface area contributed by atoms with Crippen LogP contribution in [0.3, 0.4) is 0 Å². The second-order valence-electron chi connectivity index (χ2n) is 3.88. The molecule has 4 nitrogen and oxygen atoms in total. The molecular weight excluding hydrogens is 311 g/mol. The van der Waals surface area contributed by atoms with E-state index in [1.54, 1.807) is 16.8 Å². The van der Waals surface area contributed by atoms with Crippen LogP contribution in [0.5, 0.6) is 0 Å². The zero-order valence-corrected chi connectivity index (χ0v) is 11.2. The molecule has 3 rings (SSSR count). The lowest BCUT2D eigenvalue weighted by Crippen LogP contribution is -2.00. The van der Waals surface area contributed by atoms with Crippen LogP contribution in [-0.4, -0.2) is 20.2 Å². The number of nitrogens with zero attached hydrogens (tertiary/aromatic N) is 4. The van der Waals surface area contributed by atoms with Crippen molar-refractivity contribution in [2.24, 2.45) is 0 Å². The molecule has 0 N–H and O–H groups in total. The maximum atomic E-state index is 13.3. The summed E-state index contributed by atoms with van der Waals surface area (Å²) < 4.78 is 15.2. The van der Waals surface area contributed by atoms with Crippen molar-refractivity contribution in [2.75, 3.05) is 0 Å². The fourth-order valence-corrected chi connectivity index (χ4v) is 2.11. The minimum absolute atomic E-state index is 0.321. The van der Waals surface area contributed by atoms with Crippen LogP contribution >= 0.6 is 15.9 Å². The Morgan fingerprint density at radius 3 is 2.58 bits per heavy atom. The van der Waals surface area contributed by atoms with Gasteiger partial charge in [-0.3, -0.25) is 0 Å². The molecule has 1 heterocycles. The molecule has 0 spiro atoms. The minimum Gasteiger partial charge on any atom is -0.206 e. The van der Waals surface area contributed by atoms with E-state index in [0.717, 1.165) is 5.56 Å². The van der Waals surface area contributed by atoms with E-state index < -0.39 is 0 Å². The van der Waals surface area contributed by atoms with E-state index in [-0.39, 0.29) is 5.82 Å². The highest BCUT2D eigenvalue weighted by Crippen LogP contribution is 2.22. The summed E-state index contributed by atoms with van der Waals surface area (Å²) in [7, 11) is 0. The van der Waals surface area contributed by atoms with Gasteiger partial charge >= 0.3 is 0 Å². The highest BCUT2D eigenvalue weighted by molar-refractivity contribution is 9.10. The van der Waals surface area contributed by atoms with Gasteiger partial charge in [0.2, 0.25) is 0 Å². The summed E-state index contributed by atoms with van der Waals surface area (Å²) in [5.41, 5.74) is 1.59. The predicted octanol–water partition coefficient (Wildman–Crippen LogP) is 3.23. The van der Waals surface area contributed by atoms with Gasteiger partial charge in [-0.05, 0) is 44.6 Å². The van der Waals surface area contributed by atoms with E-state index >= 15 is 0 Å². The minimum atomic E-state index is -0.321. The summed E-state index contributed by atoms with van der Waals surface area (Å²) in [6, 6.07) is 14.2. The van der Waals surface area contributed by atoms with Crippen LogP contribution in [0.25, 0.3) is 17.1 Å². The van der Waals surface area contributed by atoms with Gasteiger partial charge in [0.25, 0.3) is 0 Å². The lowest BCUT2D eigenvalue weighted by molar-refractivity contribution is 0.620. The highest BCUT2D eigenvalue weighted by Gasteiger charge is 2.11. The number of rotatable bonds is 2. The van der Waals surface area contributed by atoms with Gasteiger partial charge < -0.3 is 0 Å². The summed E-state index contributed by atoms with van der Waals surface area (Å²) in [6.07, 6.45) is 0. The van der Waals surface area contributed by atoms with E-state index in [9.17, 15) is 4.39 Å². The Bertz CT molecular complexity index is 712. The summed E-state index contributed by atoms with van der Waals surface area (Å²) in [5.74, 6) is 0.289. The molecule has 1 aromatic heterocycles. The average Bonchev–Trinajstić information content (AvgIpc) is 2.92. The van der Waals surface area contributed by atoms with Crippen molar-refractivity contribution in [3.05, 3.63) is 58.8 Å². The quantitative estimate of drug-likeness (QED) is 0.728. The van der Waals surface area contributed by atoms with Crippen LogP contribution in [0, 0.1) is 5.82 Å². The molecule has 0 amide bonds. The lowest BCUT2D eigenvalue weighted by Gasteiger charge is -2.05. The Balaban J connectivity index is 2.12. The Morgan fingerprint density at radius 1 is 1.05 bits per heavy atom. The summed E-state index contributed by atoms with van der Waals surface area (Å²) >= 11 is 3.16. The molecule has 2 aromatic carbocycles. The standard InChI is InChI=1S/C13H8BrFN4/c14-11-8-10(6-7-12(11)15)19-13(16-17-18-19)9-4-2-1-3-5-9/h1-8H. The maximum absolute atomic E-state index is 13.3. The van der Waals surface area contributed by atoms with Crippen molar-refractivity contribution >= 4 is 15.9 Å². The Morgan fingerprint density at radius 2 is 1.84 bits per heavy atom. The number of hydrogen-bond donors (Lipinski definition) is 0.